The quantitative estimate of drug-likeness (QED) is 0.580. The van der Waals surface area contributed by atoms with Crippen LogP contribution in [0.3, 0.4) is 0 Å². The predicted octanol–water partition coefficient (Wildman–Crippen LogP) is 3.80. The topological polar surface area (TPSA) is 70.7 Å². The molecule has 1 amide bonds. The van der Waals surface area contributed by atoms with Crippen LogP contribution in [0.1, 0.15) is 21.8 Å². The molecule has 26 heavy (non-hydrogen) atoms. The molecule has 0 aliphatic carbocycles. The molecule has 0 aliphatic heterocycles. The highest BCUT2D eigenvalue weighted by Gasteiger charge is 2.06. The van der Waals surface area contributed by atoms with E-state index in [0.29, 0.717) is 23.3 Å². The third-order valence-electron chi connectivity index (χ3n) is 3.70. The summed E-state index contributed by atoms with van der Waals surface area (Å²) >= 11 is 3.03. The molecule has 2 N–H and O–H groups in total. The van der Waals surface area contributed by atoms with Crippen molar-refractivity contribution in [3.05, 3.63) is 63.6 Å². The van der Waals surface area contributed by atoms with Gasteiger partial charge in [-0.05, 0) is 42.0 Å². The Morgan fingerprint density at radius 3 is 2.96 bits per heavy atom. The van der Waals surface area contributed by atoms with Crippen LogP contribution in [0.15, 0.2) is 46.9 Å². The van der Waals surface area contributed by atoms with Crippen molar-refractivity contribution in [2.24, 2.45) is 0 Å². The zero-order chi connectivity index (χ0) is 18.2. The monoisotopic (exact) mass is 384 g/mol. The number of benzene rings is 1. The highest BCUT2D eigenvalue weighted by molar-refractivity contribution is 7.99. The van der Waals surface area contributed by atoms with Crippen LogP contribution in [-0.2, 0) is 11.2 Å². The maximum atomic E-state index is 11.9. The van der Waals surface area contributed by atoms with Gasteiger partial charge in [0.1, 0.15) is 5.82 Å². The number of aromatic amines is 1. The number of H-pyrrole nitrogens is 1. The summed E-state index contributed by atoms with van der Waals surface area (Å²) < 4.78 is 0. The van der Waals surface area contributed by atoms with Gasteiger partial charge in [-0.15, -0.1) is 16.4 Å². The fraction of sp³-hybridized carbons (Fsp3) is 0.211. The standard InChI is InChI=1S/C19H20N4OS2/c1-14-5-2-3-6-15(14)8-9-17-21-19(23-22-17)26-13-18(24)20-11-10-16-7-4-12-25-16/h2-9,12H,10-11,13H2,1H3,(H,20,24)(H,21,22,23). The number of carbonyl (C=O) groups is 1. The Kier molecular flexibility index (Phi) is 6.62. The Balaban J connectivity index is 1.43. The molecule has 0 bridgehead atoms. The van der Waals surface area contributed by atoms with Gasteiger partial charge in [-0.2, -0.15) is 0 Å². The van der Waals surface area contributed by atoms with Crippen molar-refractivity contribution >= 4 is 41.2 Å². The zero-order valence-electron chi connectivity index (χ0n) is 14.4. The Morgan fingerprint density at radius 2 is 2.15 bits per heavy atom. The highest BCUT2D eigenvalue weighted by atomic mass is 32.2. The minimum Gasteiger partial charge on any atom is -0.355 e. The van der Waals surface area contributed by atoms with Gasteiger partial charge in [0.2, 0.25) is 11.1 Å². The Bertz CT molecular complexity index is 871. The molecule has 0 atom stereocenters. The summed E-state index contributed by atoms with van der Waals surface area (Å²) in [5.74, 6) is 0.977. The molecule has 0 spiro atoms. The van der Waals surface area contributed by atoms with E-state index in [9.17, 15) is 4.79 Å². The van der Waals surface area contributed by atoms with E-state index in [0.717, 1.165) is 12.0 Å². The Labute approximate surface area is 161 Å². The van der Waals surface area contributed by atoms with Crippen molar-refractivity contribution in [3.63, 3.8) is 0 Å². The zero-order valence-corrected chi connectivity index (χ0v) is 16.1. The highest BCUT2D eigenvalue weighted by Crippen LogP contribution is 2.14. The fourth-order valence-electron chi connectivity index (χ4n) is 2.30. The first kappa shape index (κ1) is 18.4. The summed E-state index contributed by atoms with van der Waals surface area (Å²) in [6, 6.07) is 12.2. The summed E-state index contributed by atoms with van der Waals surface area (Å²) in [6.45, 7) is 2.72. The van der Waals surface area contributed by atoms with E-state index in [1.54, 1.807) is 11.3 Å². The molecule has 0 fully saturated rings. The lowest BCUT2D eigenvalue weighted by atomic mass is 10.1. The first-order valence-corrected chi connectivity index (χ1v) is 10.2. The van der Waals surface area contributed by atoms with Gasteiger partial charge in [0.05, 0.1) is 5.75 Å². The van der Waals surface area contributed by atoms with Crippen molar-refractivity contribution in [2.75, 3.05) is 12.3 Å². The number of hydrogen-bond donors (Lipinski definition) is 2. The average molecular weight is 385 g/mol. The molecule has 2 aromatic heterocycles. The second-order valence-corrected chi connectivity index (χ2v) is 7.64. The number of rotatable bonds is 8. The van der Waals surface area contributed by atoms with E-state index in [1.165, 1.54) is 22.2 Å². The van der Waals surface area contributed by atoms with Crippen LogP contribution < -0.4 is 5.32 Å². The van der Waals surface area contributed by atoms with Crippen LogP contribution in [0.25, 0.3) is 12.2 Å². The summed E-state index contributed by atoms with van der Waals surface area (Å²) in [4.78, 5) is 17.5. The van der Waals surface area contributed by atoms with Gasteiger partial charge in [0.25, 0.3) is 0 Å². The molecule has 0 saturated carbocycles. The second kappa shape index (κ2) is 9.35. The normalized spacial score (nSPS) is 11.1. The van der Waals surface area contributed by atoms with Crippen LogP contribution in [0.2, 0.25) is 0 Å². The minimum atomic E-state index is -0.00615. The molecular weight excluding hydrogens is 364 g/mol. The van der Waals surface area contributed by atoms with E-state index >= 15 is 0 Å². The number of thioether (sulfide) groups is 1. The number of nitrogens with zero attached hydrogens (tertiary/aromatic N) is 2. The number of nitrogens with one attached hydrogen (secondary N) is 2. The molecular formula is C19H20N4OS2. The molecule has 5 nitrogen and oxygen atoms in total. The predicted molar refractivity (Wildman–Crippen MR) is 108 cm³/mol. The number of amides is 1. The summed E-state index contributed by atoms with van der Waals surface area (Å²) in [7, 11) is 0. The van der Waals surface area contributed by atoms with Crippen LogP contribution in [0.5, 0.6) is 0 Å². The molecule has 7 heteroatoms. The summed E-state index contributed by atoms with van der Waals surface area (Å²) in [5, 5.41) is 12.6. The van der Waals surface area contributed by atoms with E-state index in [1.807, 2.05) is 35.7 Å². The third-order valence-corrected chi connectivity index (χ3v) is 5.48. The molecule has 2 heterocycles. The van der Waals surface area contributed by atoms with Gasteiger partial charge in [-0.3, -0.25) is 9.89 Å². The van der Waals surface area contributed by atoms with Gasteiger partial charge >= 0.3 is 0 Å². The van der Waals surface area contributed by atoms with Gasteiger partial charge in [-0.1, -0.05) is 48.2 Å². The van der Waals surface area contributed by atoms with Gasteiger partial charge < -0.3 is 5.32 Å². The van der Waals surface area contributed by atoms with Crippen LogP contribution >= 0.6 is 23.1 Å². The number of carbonyl (C=O) groups excluding carboxylic acids is 1. The van der Waals surface area contributed by atoms with Crippen molar-refractivity contribution in [1.29, 1.82) is 0 Å². The molecule has 3 aromatic rings. The molecule has 1 aromatic carbocycles. The van der Waals surface area contributed by atoms with Crippen molar-refractivity contribution in [1.82, 2.24) is 20.5 Å². The Morgan fingerprint density at radius 1 is 1.27 bits per heavy atom. The van der Waals surface area contributed by atoms with Gasteiger partial charge in [0.15, 0.2) is 0 Å². The second-order valence-electron chi connectivity index (χ2n) is 5.66. The molecule has 0 unspecified atom stereocenters. The van der Waals surface area contributed by atoms with Crippen molar-refractivity contribution in [2.45, 2.75) is 18.5 Å². The van der Waals surface area contributed by atoms with Gasteiger partial charge in [-0.25, -0.2) is 4.98 Å². The van der Waals surface area contributed by atoms with Crippen LogP contribution in [0.4, 0.5) is 0 Å². The summed E-state index contributed by atoms with van der Waals surface area (Å²) in [6.07, 6.45) is 4.75. The van der Waals surface area contributed by atoms with Crippen molar-refractivity contribution < 1.29 is 4.79 Å². The van der Waals surface area contributed by atoms with Crippen LogP contribution in [0, 0.1) is 6.92 Å². The number of hydrogen-bond acceptors (Lipinski definition) is 5. The lowest BCUT2D eigenvalue weighted by Crippen LogP contribution is -2.27. The van der Waals surface area contributed by atoms with E-state index in [4.69, 9.17) is 0 Å². The van der Waals surface area contributed by atoms with E-state index in [-0.39, 0.29) is 5.91 Å². The molecule has 0 radical (unpaired) electrons. The largest absolute Gasteiger partial charge is 0.355 e. The summed E-state index contributed by atoms with van der Waals surface area (Å²) in [5.41, 5.74) is 2.35. The molecule has 0 aliphatic rings. The minimum absolute atomic E-state index is 0.00615. The lowest BCUT2D eigenvalue weighted by molar-refractivity contribution is -0.118. The molecule has 3 rings (SSSR count). The number of aryl methyl sites for hydroxylation is 1. The van der Waals surface area contributed by atoms with E-state index < -0.39 is 0 Å². The van der Waals surface area contributed by atoms with Gasteiger partial charge in [0, 0.05) is 11.4 Å². The first-order valence-electron chi connectivity index (χ1n) is 8.29. The maximum absolute atomic E-state index is 11.9. The Hall–Kier alpha value is -2.38. The van der Waals surface area contributed by atoms with Crippen molar-refractivity contribution in [3.8, 4) is 0 Å². The van der Waals surface area contributed by atoms with Crippen LogP contribution in [-0.4, -0.2) is 33.4 Å². The fourth-order valence-corrected chi connectivity index (χ4v) is 3.65. The lowest BCUT2D eigenvalue weighted by Gasteiger charge is -2.02. The SMILES string of the molecule is Cc1ccccc1C=Cc1nc(SCC(=O)NCCc2cccs2)n[nH]1. The van der Waals surface area contributed by atoms with E-state index in [2.05, 4.69) is 45.6 Å². The molecule has 0 saturated heterocycles. The molecule has 134 valence electrons. The maximum Gasteiger partial charge on any atom is 0.230 e. The number of aromatic nitrogens is 3. The first-order chi connectivity index (χ1) is 12.7. The average Bonchev–Trinajstić information content (AvgIpc) is 3.31. The third kappa shape index (κ3) is 5.57. The number of thiophene rings is 1. The smallest absolute Gasteiger partial charge is 0.230 e.